The maximum Gasteiger partial charge on any atom is 0.442 e. The quantitative estimate of drug-likeness (QED) is 0.584. The van der Waals surface area contributed by atoms with Crippen LogP contribution in [-0.2, 0) is 0 Å². The molecule has 1 aromatic rings. The van der Waals surface area contributed by atoms with Crippen molar-refractivity contribution in [3.05, 3.63) is 16.8 Å². The number of nitrogens with two attached hydrogens (primary N) is 1. The van der Waals surface area contributed by atoms with Crippen LogP contribution in [-0.4, -0.2) is 16.5 Å². The van der Waals surface area contributed by atoms with Gasteiger partial charge in [0.1, 0.15) is 0 Å². The molecule has 0 spiro atoms. The largest absolute Gasteiger partial charge is 0.442 e. The molecule has 0 aromatic carbocycles. The summed E-state index contributed by atoms with van der Waals surface area (Å²) in [5, 5.41) is 3.49. The number of hydrogen-bond donors (Lipinski definition) is 1. The molecule has 0 amide bonds. The Hall–Kier alpha value is -1.85. The molecule has 58 valence electrons. The molecular weight excluding hydrogens is 148 g/mol. The fourth-order valence-electron chi connectivity index (χ4n) is 0.508. The Balaban J connectivity index is 3.03. The molecule has 0 aliphatic carbocycles. The predicted molar refractivity (Wildman–Crippen MR) is 40.1 cm³/mol. The summed E-state index contributed by atoms with van der Waals surface area (Å²) in [6.07, 6.45) is 2.58. The average Bonchev–Trinajstić information content (AvgIpc) is 2.26. The topological polar surface area (TPSA) is 86.4 Å². The number of rotatable bonds is 2. The molecule has 0 aliphatic heterocycles. The van der Waals surface area contributed by atoms with Crippen molar-refractivity contribution in [2.75, 3.05) is 5.73 Å². The summed E-state index contributed by atoms with van der Waals surface area (Å²) >= 11 is 0. The second-order valence-corrected chi connectivity index (χ2v) is 1.63. The molecule has 0 aliphatic rings. The van der Waals surface area contributed by atoms with Gasteiger partial charge in [-0.1, -0.05) is 0 Å². The van der Waals surface area contributed by atoms with E-state index in [1.54, 1.807) is 0 Å². The zero-order chi connectivity index (χ0) is 8.27. The first-order chi connectivity index (χ1) is 5.24. The van der Waals surface area contributed by atoms with Crippen molar-refractivity contribution in [2.24, 2.45) is 4.99 Å². The van der Waals surface area contributed by atoms with E-state index in [-0.39, 0.29) is 6.01 Å². The lowest BCUT2D eigenvalue weighted by Gasteiger charge is -1.79. The predicted octanol–water partition coefficient (Wildman–Crippen LogP) is -0.453. The van der Waals surface area contributed by atoms with Gasteiger partial charge >= 0.3 is 11.8 Å². The molecule has 0 saturated heterocycles. The Morgan fingerprint density at radius 2 is 2.55 bits per heavy atom. The molecule has 1 heterocycles. The fourth-order valence-corrected chi connectivity index (χ4v) is 0.508. The molecule has 6 nitrogen and oxygen atoms in total. The first-order valence-corrected chi connectivity index (χ1v) is 2.71. The average molecular weight is 154 g/mol. The van der Waals surface area contributed by atoms with Gasteiger partial charge in [-0.05, 0) is 6.72 Å². The Morgan fingerprint density at radius 1 is 1.82 bits per heavy atom. The van der Waals surface area contributed by atoms with Gasteiger partial charge in [-0.15, -0.1) is 5.10 Å². The van der Waals surface area contributed by atoms with Crippen LogP contribution in [0.25, 0.3) is 6.20 Å². The van der Waals surface area contributed by atoms with Crippen molar-refractivity contribution in [3.63, 3.8) is 0 Å². The number of aromatic nitrogens is 2. The van der Waals surface area contributed by atoms with Crippen molar-refractivity contribution in [2.45, 2.75) is 0 Å². The highest BCUT2D eigenvalue weighted by Gasteiger charge is 1.98. The monoisotopic (exact) mass is 154 g/mol. The minimum absolute atomic E-state index is 0.177. The highest BCUT2D eigenvalue weighted by atomic mass is 16.4. The molecule has 6 heteroatoms. The standard InChI is InChI=1S/C5H6N4O2/c1-7-2-3-9-5(10)11-4(6)8-9/h2-3H,1H2,(H2,6,8)/b3-2-. The van der Waals surface area contributed by atoms with E-state index in [4.69, 9.17) is 5.73 Å². The van der Waals surface area contributed by atoms with E-state index >= 15 is 0 Å². The van der Waals surface area contributed by atoms with Gasteiger partial charge < -0.3 is 10.2 Å². The fraction of sp³-hybridized carbons (Fsp3) is 0. The molecule has 0 unspecified atom stereocenters. The molecule has 2 N–H and O–H groups in total. The van der Waals surface area contributed by atoms with E-state index in [2.05, 4.69) is 21.2 Å². The Kier molecular flexibility index (Phi) is 1.86. The summed E-state index contributed by atoms with van der Waals surface area (Å²) in [6, 6.07) is -0.177. The SMILES string of the molecule is C=N/C=C\n1nc(N)oc1=O. The molecule has 11 heavy (non-hydrogen) atoms. The minimum atomic E-state index is -0.651. The molecule has 0 atom stereocenters. The molecule has 0 radical (unpaired) electrons. The van der Waals surface area contributed by atoms with Crippen LogP contribution < -0.4 is 11.5 Å². The second-order valence-electron chi connectivity index (χ2n) is 1.63. The summed E-state index contributed by atoms with van der Waals surface area (Å²) in [4.78, 5) is 14.1. The van der Waals surface area contributed by atoms with E-state index in [9.17, 15) is 4.79 Å². The van der Waals surface area contributed by atoms with Gasteiger partial charge in [-0.25, -0.2) is 4.79 Å². The van der Waals surface area contributed by atoms with Crippen molar-refractivity contribution >= 4 is 18.9 Å². The maximum atomic E-state index is 10.7. The summed E-state index contributed by atoms with van der Waals surface area (Å²) < 4.78 is 5.29. The van der Waals surface area contributed by atoms with Crippen LogP contribution >= 0.6 is 0 Å². The maximum absolute atomic E-state index is 10.7. The Labute approximate surface area is 61.6 Å². The van der Waals surface area contributed by atoms with Gasteiger partial charge in [-0.2, -0.15) is 4.68 Å². The van der Waals surface area contributed by atoms with Crippen LogP contribution in [0, 0.1) is 0 Å². The molecule has 1 rings (SSSR count). The smallest absolute Gasteiger partial charge is 0.373 e. The lowest BCUT2D eigenvalue weighted by Crippen LogP contribution is -2.08. The first-order valence-electron chi connectivity index (χ1n) is 2.71. The van der Waals surface area contributed by atoms with E-state index in [0.29, 0.717) is 0 Å². The summed E-state index contributed by atoms with van der Waals surface area (Å²) in [5.41, 5.74) is 5.07. The van der Waals surface area contributed by atoms with Crippen LogP contribution in [0.15, 0.2) is 20.4 Å². The zero-order valence-corrected chi connectivity index (χ0v) is 5.60. The van der Waals surface area contributed by atoms with Crippen LogP contribution in [0.3, 0.4) is 0 Å². The van der Waals surface area contributed by atoms with E-state index in [0.717, 1.165) is 4.68 Å². The summed E-state index contributed by atoms with van der Waals surface area (Å²) in [5.74, 6) is -0.651. The molecule has 0 saturated carbocycles. The van der Waals surface area contributed by atoms with E-state index in [1.165, 1.54) is 12.4 Å². The van der Waals surface area contributed by atoms with Gasteiger partial charge in [0.15, 0.2) is 0 Å². The minimum Gasteiger partial charge on any atom is -0.373 e. The van der Waals surface area contributed by atoms with Crippen molar-refractivity contribution in [1.82, 2.24) is 9.78 Å². The summed E-state index contributed by atoms with van der Waals surface area (Å²) in [7, 11) is 0. The first kappa shape index (κ1) is 7.26. The number of anilines is 1. The van der Waals surface area contributed by atoms with Gasteiger partial charge in [0.2, 0.25) is 0 Å². The summed E-state index contributed by atoms with van der Waals surface area (Å²) in [6.45, 7) is 3.17. The molecule has 1 aromatic heterocycles. The molecule has 0 bridgehead atoms. The van der Waals surface area contributed by atoms with Crippen LogP contribution in [0.1, 0.15) is 0 Å². The number of nitrogen functional groups attached to an aromatic ring is 1. The van der Waals surface area contributed by atoms with E-state index < -0.39 is 5.76 Å². The second kappa shape index (κ2) is 2.82. The normalized spacial score (nSPS) is 10.5. The van der Waals surface area contributed by atoms with Crippen LogP contribution in [0.2, 0.25) is 0 Å². The third kappa shape index (κ3) is 1.54. The number of aliphatic imine (C=N–C) groups is 1. The van der Waals surface area contributed by atoms with Crippen molar-refractivity contribution < 1.29 is 4.42 Å². The van der Waals surface area contributed by atoms with Gasteiger partial charge in [0.25, 0.3) is 0 Å². The Bertz CT molecular complexity index is 334. The van der Waals surface area contributed by atoms with Gasteiger partial charge in [0, 0.05) is 6.20 Å². The van der Waals surface area contributed by atoms with E-state index in [1.807, 2.05) is 0 Å². The lowest BCUT2D eigenvalue weighted by atomic mass is 10.9. The van der Waals surface area contributed by atoms with Crippen LogP contribution in [0.5, 0.6) is 0 Å². The third-order valence-corrected chi connectivity index (χ3v) is 0.899. The third-order valence-electron chi connectivity index (χ3n) is 0.899. The zero-order valence-electron chi connectivity index (χ0n) is 5.60. The lowest BCUT2D eigenvalue weighted by molar-refractivity contribution is 0.523. The van der Waals surface area contributed by atoms with Gasteiger partial charge in [0.05, 0.1) is 6.20 Å². The number of nitrogens with zero attached hydrogens (tertiary/aromatic N) is 3. The molecule has 0 fully saturated rings. The Morgan fingerprint density at radius 3 is 3.00 bits per heavy atom. The van der Waals surface area contributed by atoms with Gasteiger partial charge in [-0.3, -0.25) is 4.99 Å². The highest BCUT2D eigenvalue weighted by molar-refractivity contribution is 5.30. The number of hydrogen-bond acceptors (Lipinski definition) is 5. The highest BCUT2D eigenvalue weighted by Crippen LogP contribution is 1.88. The van der Waals surface area contributed by atoms with Crippen molar-refractivity contribution in [1.29, 1.82) is 0 Å². The molecular formula is C5H6N4O2. The van der Waals surface area contributed by atoms with Crippen LogP contribution in [0.4, 0.5) is 6.01 Å². The van der Waals surface area contributed by atoms with Crippen molar-refractivity contribution in [3.8, 4) is 0 Å².